The summed E-state index contributed by atoms with van der Waals surface area (Å²) in [5.74, 6) is 5.31. The predicted molar refractivity (Wildman–Crippen MR) is 101 cm³/mol. The number of nitrogens with zero attached hydrogens (tertiary/aromatic N) is 5. The maximum atomic E-state index is 4.54. The maximum Gasteiger partial charge on any atom is 0.227 e. The van der Waals surface area contributed by atoms with Crippen molar-refractivity contribution in [2.24, 2.45) is 7.05 Å². The van der Waals surface area contributed by atoms with Crippen LogP contribution in [0.4, 0.5) is 11.6 Å². The van der Waals surface area contributed by atoms with Crippen molar-refractivity contribution in [1.29, 1.82) is 0 Å². The van der Waals surface area contributed by atoms with Gasteiger partial charge in [-0.3, -0.25) is 0 Å². The largest absolute Gasteiger partial charge is 0.368 e. The summed E-state index contributed by atoms with van der Waals surface area (Å²) >= 11 is 2.06. The van der Waals surface area contributed by atoms with Gasteiger partial charge in [0.05, 0.1) is 0 Å². The number of aromatic nitrogens is 3. The molecule has 2 saturated heterocycles. The number of hydrogen-bond donors (Lipinski definition) is 0. The topological polar surface area (TPSA) is 37.2 Å². The molecule has 3 heterocycles. The van der Waals surface area contributed by atoms with E-state index in [0.717, 1.165) is 32.1 Å². The molecule has 0 aliphatic carbocycles. The number of piperazine rings is 1. The Morgan fingerprint density at radius 1 is 0.917 bits per heavy atom. The van der Waals surface area contributed by atoms with Crippen LogP contribution in [0.25, 0.3) is 0 Å². The molecule has 2 fully saturated rings. The van der Waals surface area contributed by atoms with Crippen molar-refractivity contribution >= 4 is 23.4 Å². The van der Waals surface area contributed by atoms with Gasteiger partial charge in [-0.15, -0.1) is 10.2 Å². The first-order valence-corrected chi connectivity index (χ1v) is 10.0. The minimum atomic E-state index is 0.586. The Morgan fingerprint density at radius 3 is 2.29 bits per heavy atom. The van der Waals surface area contributed by atoms with Gasteiger partial charge in [-0.1, -0.05) is 18.2 Å². The number of anilines is 2. The molecular formula is C18H25N5S. The fraction of sp³-hybridized carbons (Fsp3) is 0.556. The zero-order valence-corrected chi connectivity index (χ0v) is 15.1. The monoisotopic (exact) mass is 343 g/mol. The normalized spacial score (nSPS) is 19.7. The summed E-state index contributed by atoms with van der Waals surface area (Å²) < 4.78 is 2.23. The van der Waals surface area contributed by atoms with E-state index in [9.17, 15) is 0 Å². The van der Waals surface area contributed by atoms with E-state index in [-0.39, 0.29) is 0 Å². The van der Waals surface area contributed by atoms with Gasteiger partial charge in [0.25, 0.3) is 0 Å². The van der Waals surface area contributed by atoms with Crippen molar-refractivity contribution in [2.75, 3.05) is 47.5 Å². The van der Waals surface area contributed by atoms with Crippen LogP contribution in [0.3, 0.4) is 0 Å². The molecule has 0 saturated carbocycles. The molecule has 128 valence electrons. The van der Waals surface area contributed by atoms with Crippen molar-refractivity contribution in [3.63, 3.8) is 0 Å². The van der Waals surface area contributed by atoms with Crippen molar-refractivity contribution in [2.45, 2.75) is 18.8 Å². The van der Waals surface area contributed by atoms with Crippen molar-refractivity contribution in [3.8, 4) is 0 Å². The highest BCUT2D eigenvalue weighted by molar-refractivity contribution is 7.99. The average molecular weight is 344 g/mol. The van der Waals surface area contributed by atoms with E-state index in [4.69, 9.17) is 0 Å². The lowest BCUT2D eigenvalue weighted by molar-refractivity contribution is 0.568. The number of para-hydroxylation sites is 1. The number of thioether (sulfide) groups is 1. The van der Waals surface area contributed by atoms with E-state index >= 15 is 0 Å². The first-order chi connectivity index (χ1) is 11.8. The van der Waals surface area contributed by atoms with Crippen LogP contribution in [0.2, 0.25) is 0 Å². The summed E-state index contributed by atoms with van der Waals surface area (Å²) in [6, 6.07) is 10.7. The van der Waals surface area contributed by atoms with Crippen LogP contribution in [-0.4, -0.2) is 52.4 Å². The molecule has 0 amide bonds. The second kappa shape index (κ2) is 7.05. The average Bonchev–Trinajstić information content (AvgIpc) is 3.05. The molecule has 0 radical (unpaired) electrons. The molecule has 4 rings (SSSR count). The van der Waals surface area contributed by atoms with Gasteiger partial charge in [0, 0.05) is 44.8 Å². The lowest BCUT2D eigenvalue weighted by Crippen LogP contribution is -2.47. The lowest BCUT2D eigenvalue weighted by Gasteiger charge is -2.36. The highest BCUT2D eigenvalue weighted by atomic mass is 32.2. The maximum absolute atomic E-state index is 4.54. The number of hydrogen-bond acceptors (Lipinski definition) is 5. The molecule has 0 unspecified atom stereocenters. The quantitative estimate of drug-likeness (QED) is 0.857. The summed E-state index contributed by atoms with van der Waals surface area (Å²) in [5, 5.41) is 9.07. The fourth-order valence-electron chi connectivity index (χ4n) is 3.72. The third-order valence-electron chi connectivity index (χ3n) is 5.16. The predicted octanol–water partition coefficient (Wildman–Crippen LogP) is 2.75. The summed E-state index contributed by atoms with van der Waals surface area (Å²) in [6.45, 7) is 4.07. The van der Waals surface area contributed by atoms with Crippen LogP contribution in [-0.2, 0) is 7.05 Å². The van der Waals surface area contributed by atoms with Crippen LogP contribution in [0, 0.1) is 0 Å². The summed E-state index contributed by atoms with van der Waals surface area (Å²) in [7, 11) is 2.13. The zero-order chi connectivity index (χ0) is 16.4. The van der Waals surface area contributed by atoms with Gasteiger partial charge in [0.15, 0.2) is 0 Å². The highest BCUT2D eigenvalue weighted by Gasteiger charge is 2.26. The SMILES string of the molecule is Cn1c(C2CCSCC2)nnc1N1CCN(c2ccccc2)CC1. The van der Waals surface area contributed by atoms with E-state index in [1.807, 2.05) is 0 Å². The van der Waals surface area contributed by atoms with Gasteiger partial charge in [0.1, 0.15) is 5.82 Å². The van der Waals surface area contributed by atoms with Gasteiger partial charge in [-0.2, -0.15) is 11.8 Å². The van der Waals surface area contributed by atoms with Crippen molar-refractivity contribution < 1.29 is 0 Å². The van der Waals surface area contributed by atoms with Crippen LogP contribution in [0.1, 0.15) is 24.6 Å². The molecule has 2 aromatic rings. The minimum absolute atomic E-state index is 0.586. The molecule has 6 heteroatoms. The second-order valence-electron chi connectivity index (χ2n) is 6.61. The number of rotatable bonds is 3. The molecule has 0 spiro atoms. The van der Waals surface area contributed by atoms with E-state index in [0.29, 0.717) is 5.92 Å². The molecule has 0 bridgehead atoms. The van der Waals surface area contributed by atoms with Gasteiger partial charge >= 0.3 is 0 Å². The van der Waals surface area contributed by atoms with Gasteiger partial charge in [0.2, 0.25) is 5.95 Å². The smallest absolute Gasteiger partial charge is 0.227 e. The molecular weight excluding hydrogens is 318 g/mol. The van der Waals surface area contributed by atoms with E-state index < -0.39 is 0 Å². The van der Waals surface area contributed by atoms with E-state index in [2.05, 4.69) is 73.7 Å². The van der Waals surface area contributed by atoms with Crippen LogP contribution in [0.5, 0.6) is 0 Å². The molecule has 5 nitrogen and oxygen atoms in total. The van der Waals surface area contributed by atoms with Crippen LogP contribution in [0.15, 0.2) is 30.3 Å². The first-order valence-electron chi connectivity index (χ1n) is 8.85. The summed E-state index contributed by atoms with van der Waals surface area (Å²) in [5.41, 5.74) is 1.32. The molecule has 2 aliphatic rings. The molecule has 2 aliphatic heterocycles. The molecule has 24 heavy (non-hydrogen) atoms. The third kappa shape index (κ3) is 3.11. The Balaban J connectivity index is 1.43. The van der Waals surface area contributed by atoms with Crippen LogP contribution >= 0.6 is 11.8 Å². The van der Waals surface area contributed by atoms with Crippen LogP contribution < -0.4 is 9.80 Å². The van der Waals surface area contributed by atoms with Crippen molar-refractivity contribution in [3.05, 3.63) is 36.2 Å². The van der Waals surface area contributed by atoms with Gasteiger partial charge in [-0.05, 0) is 36.5 Å². The molecule has 0 N–H and O–H groups in total. The van der Waals surface area contributed by atoms with E-state index in [1.165, 1.54) is 35.9 Å². The molecule has 0 atom stereocenters. The highest BCUT2D eigenvalue weighted by Crippen LogP contribution is 2.31. The first kappa shape index (κ1) is 15.8. The third-order valence-corrected chi connectivity index (χ3v) is 6.20. The Kier molecular flexibility index (Phi) is 4.65. The second-order valence-corrected chi connectivity index (χ2v) is 7.84. The Morgan fingerprint density at radius 2 is 1.58 bits per heavy atom. The van der Waals surface area contributed by atoms with E-state index in [1.54, 1.807) is 0 Å². The Labute approximate surface area is 148 Å². The molecule has 1 aromatic heterocycles. The van der Waals surface area contributed by atoms with Crippen molar-refractivity contribution in [1.82, 2.24) is 14.8 Å². The summed E-state index contributed by atoms with van der Waals surface area (Å²) in [4.78, 5) is 4.83. The standard InChI is InChI=1S/C18H25N5S/c1-21-17(15-7-13-24-14-8-15)19-20-18(21)23-11-9-22(10-12-23)16-5-3-2-4-6-16/h2-6,15H,7-14H2,1H3. The Hall–Kier alpha value is -1.69. The number of benzene rings is 1. The lowest BCUT2D eigenvalue weighted by atomic mass is 10.0. The van der Waals surface area contributed by atoms with Gasteiger partial charge < -0.3 is 14.4 Å². The zero-order valence-electron chi connectivity index (χ0n) is 14.3. The summed E-state index contributed by atoms with van der Waals surface area (Å²) in [6.07, 6.45) is 2.47. The molecule has 1 aromatic carbocycles. The minimum Gasteiger partial charge on any atom is -0.368 e. The Bertz CT molecular complexity index is 657. The fourth-order valence-corrected chi connectivity index (χ4v) is 4.83. The van der Waals surface area contributed by atoms with Gasteiger partial charge in [-0.25, -0.2) is 0 Å².